The number of nitrogens with one attached hydrogen (secondary N) is 2. The molecule has 3 heterocycles. The number of aromatic amines is 1. The zero-order valence-corrected chi connectivity index (χ0v) is 21.3. The summed E-state index contributed by atoms with van der Waals surface area (Å²) in [5.41, 5.74) is 8.41. The first kappa shape index (κ1) is 24.5. The summed E-state index contributed by atoms with van der Waals surface area (Å²) in [4.78, 5) is 36.1. The van der Waals surface area contributed by atoms with Crippen molar-refractivity contribution in [3.63, 3.8) is 0 Å². The van der Waals surface area contributed by atoms with E-state index in [1.54, 1.807) is 6.20 Å². The van der Waals surface area contributed by atoms with Gasteiger partial charge in [-0.25, -0.2) is 4.98 Å². The van der Waals surface area contributed by atoms with Gasteiger partial charge in [-0.3, -0.25) is 4.79 Å². The van der Waals surface area contributed by atoms with Gasteiger partial charge in [0.05, 0.1) is 5.69 Å². The average molecular weight is 494 g/mol. The number of fused-ring (bicyclic) bond motifs is 1. The Balaban J connectivity index is 1.61. The van der Waals surface area contributed by atoms with Crippen LogP contribution in [0, 0.1) is 6.92 Å². The Morgan fingerprint density at radius 2 is 1.81 bits per heavy atom. The topological polar surface area (TPSA) is 81.3 Å². The molecule has 0 atom stereocenters. The summed E-state index contributed by atoms with van der Waals surface area (Å²) in [5.74, 6) is -0.256. The van der Waals surface area contributed by atoms with Crippen LogP contribution in [0.15, 0.2) is 67.4 Å². The third kappa shape index (κ3) is 5.04. The average Bonchev–Trinajstić information content (AvgIpc) is 3.29. The highest BCUT2D eigenvalue weighted by Crippen LogP contribution is 2.40. The molecule has 1 fully saturated rings. The van der Waals surface area contributed by atoms with Gasteiger partial charge in [0.1, 0.15) is 11.9 Å². The number of amides is 1. The lowest BCUT2D eigenvalue weighted by Crippen LogP contribution is -2.44. The van der Waals surface area contributed by atoms with Crippen molar-refractivity contribution in [3.05, 3.63) is 78.5 Å². The summed E-state index contributed by atoms with van der Waals surface area (Å²) < 4.78 is 0. The summed E-state index contributed by atoms with van der Waals surface area (Å²) in [6, 6.07) is 16.7. The monoisotopic (exact) mass is 493 g/mol. The Kier molecular flexibility index (Phi) is 6.88. The van der Waals surface area contributed by atoms with Gasteiger partial charge in [0.15, 0.2) is 0 Å². The Bertz CT molecular complexity index is 1460. The lowest BCUT2D eigenvalue weighted by atomic mass is 9.96. The third-order valence-corrected chi connectivity index (χ3v) is 7.02. The minimum absolute atomic E-state index is 0.256. The number of hydrogen-bond donors (Lipinski definition) is 2. The van der Waals surface area contributed by atoms with Gasteiger partial charge in [0.25, 0.3) is 0 Å². The molecule has 1 aliphatic heterocycles. The highest BCUT2D eigenvalue weighted by atomic mass is 16.1. The number of aryl methyl sites for hydroxylation is 1. The predicted octanol–water partition coefficient (Wildman–Crippen LogP) is 4.82. The number of pyridine rings is 1. The molecule has 2 aromatic heterocycles. The van der Waals surface area contributed by atoms with Crippen LogP contribution in [-0.4, -0.2) is 60.3 Å². The molecule has 5 rings (SSSR count). The Labute approximate surface area is 216 Å². The van der Waals surface area contributed by atoms with Crippen molar-refractivity contribution >= 4 is 34.6 Å². The van der Waals surface area contributed by atoms with E-state index in [9.17, 15) is 9.59 Å². The number of piperazine rings is 1. The Hall–Kier alpha value is -4.23. The number of aromatic nitrogens is 2. The summed E-state index contributed by atoms with van der Waals surface area (Å²) in [5, 5.41) is 3.84. The molecule has 7 nitrogen and oxygen atoms in total. The molecule has 0 unspecified atom stereocenters. The van der Waals surface area contributed by atoms with E-state index in [1.165, 1.54) is 11.8 Å². The second kappa shape index (κ2) is 10.4. The van der Waals surface area contributed by atoms with Gasteiger partial charge in [-0.1, -0.05) is 30.8 Å². The van der Waals surface area contributed by atoms with Crippen molar-refractivity contribution in [2.45, 2.75) is 13.3 Å². The quantitative estimate of drug-likeness (QED) is 0.285. The van der Waals surface area contributed by atoms with E-state index >= 15 is 0 Å². The lowest BCUT2D eigenvalue weighted by Gasteiger charge is -2.34. The predicted molar refractivity (Wildman–Crippen MR) is 150 cm³/mol. The first-order valence-corrected chi connectivity index (χ1v) is 12.5. The molecule has 0 saturated carbocycles. The first-order chi connectivity index (χ1) is 18.0. The number of aldehydes is 1. The summed E-state index contributed by atoms with van der Waals surface area (Å²) in [6.45, 7) is 9.66. The summed E-state index contributed by atoms with van der Waals surface area (Å²) >= 11 is 0. The number of nitrogens with zero attached hydrogens (tertiary/aromatic N) is 3. The largest absolute Gasteiger partial charge is 0.369 e. The lowest BCUT2D eigenvalue weighted by molar-refractivity contribution is -0.112. The van der Waals surface area contributed by atoms with Crippen LogP contribution in [-0.2, 0) is 16.0 Å². The molecule has 0 bridgehead atoms. The van der Waals surface area contributed by atoms with Gasteiger partial charge in [0.2, 0.25) is 5.91 Å². The number of carbonyl (C=O) groups excluding carboxylic acids is 2. The van der Waals surface area contributed by atoms with Gasteiger partial charge >= 0.3 is 0 Å². The molecule has 2 aromatic carbocycles. The molecule has 2 N–H and O–H groups in total. The molecular weight excluding hydrogens is 462 g/mol. The number of benzene rings is 2. The number of hydrogen-bond acceptors (Lipinski definition) is 5. The van der Waals surface area contributed by atoms with E-state index < -0.39 is 0 Å². The van der Waals surface area contributed by atoms with Gasteiger partial charge in [-0.15, -0.1) is 0 Å². The molecule has 0 aliphatic carbocycles. The maximum absolute atomic E-state index is 12.0. The number of H-pyrrole nitrogens is 1. The minimum Gasteiger partial charge on any atom is -0.369 e. The number of anilines is 2. The van der Waals surface area contributed by atoms with Crippen LogP contribution >= 0.6 is 0 Å². The molecule has 4 aromatic rings. The molecule has 1 aliphatic rings. The molecule has 0 spiro atoms. The zero-order valence-electron chi connectivity index (χ0n) is 21.3. The van der Waals surface area contributed by atoms with E-state index in [1.807, 2.05) is 25.1 Å². The number of carbonyl (C=O) groups is 2. The molecule has 37 heavy (non-hydrogen) atoms. The van der Waals surface area contributed by atoms with Crippen LogP contribution in [0.3, 0.4) is 0 Å². The second-order valence-corrected chi connectivity index (χ2v) is 9.55. The van der Waals surface area contributed by atoms with E-state index in [0.29, 0.717) is 6.42 Å². The third-order valence-electron chi connectivity index (χ3n) is 7.02. The molecular formula is C30H31N5O2. The standard InChI is InChI=1S/C30H31N5O2/c1-4-27(37)32-26-18-23(6-5-20(26)2)28-25-17-21(11-16-36)19-31-30(25)33-29(28)22-7-9-24(10-8-22)35-14-12-34(3)13-15-35/h4-10,16-19H,1,11-15H2,2-3H3,(H,31,33)(H,32,37). The fraction of sp³-hybridized carbons (Fsp3) is 0.233. The number of likely N-dealkylation sites (N-methyl/N-ethyl adjacent to an activating group) is 1. The van der Waals surface area contributed by atoms with Crippen LogP contribution in [0.1, 0.15) is 11.1 Å². The number of rotatable bonds is 7. The van der Waals surface area contributed by atoms with E-state index in [4.69, 9.17) is 0 Å². The van der Waals surface area contributed by atoms with Gasteiger partial charge in [-0.05, 0) is 66.6 Å². The van der Waals surface area contributed by atoms with Crippen LogP contribution in [0.25, 0.3) is 33.4 Å². The van der Waals surface area contributed by atoms with Crippen molar-refractivity contribution in [2.75, 3.05) is 43.4 Å². The van der Waals surface area contributed by atoms with Gasteiger partial charge < -0.3 is 24.9 Å². The van der Waals surface area contributed by atoms with Crippen LogP contribution in [0.5, 0.6) is 0 Å². The van der Waals surface area contributed by atoms with Crippen LogP contribution in [0.2, 0.25) is 0 Å². The van der Waals surface area contributed by atoms with Crippen LogP contribution in [0.4, 0.5) is 11.4 Å². The van der Waals surface area contributed by atoms with E-state index in [-0.39, 0.29) is 5.91 Å². The highest BCUT2D eigenvalue weighted by Gasteiger charge is 2.19. The minimum atomic E-state index is -0.256. The molecule has 1 amide bonds. The Morgan fingerprint density at radius 3 is 2.51 bits per heavy atom. The molecule has 188 valence electrons. The fourth-order valence-corrected chi connectivity index (χ4v) is 4.84. The van der Waals surface area contributed by atoms with Crippen molar-refractivity contribution in [1.82, 2.24) is 14.9 Å². The molecule has 0 radical (unpaired) electrons. The van der Waals surface area contributed by atoms with E-state index in [2.05, 4.69) is 69.0 Å². The molecule has 7 heteroatoms. The van der Waals surface area contributed by atoms with Crippen molar-refractivity contribution in [1.29, 1.82) is 0 Å². The zero-order chi connectivity index (χ0) is 25.9. The van der Waals surface area contributed by atoms with E-state index in [0.717, 1.165) is 82.7 Å². The molecule has 1 saturated heterocycles. The maximum atomic E-state index is 12.0. The summed E-state index contributed by atoms with van der Waals surface area (Å²) in [6.07, 6.45) is 4.20. The Morgan fingerprint density at radius 1 is 1.08 bits per heavy atom. The maximum Gasteiger partial charge on any atom is 0.247 e. The van der Waals surface area contributed by atoms with Crippen molar-refractivity contribution < 1.29 is 9.59 Å². The van der Waals surface area contributed by atoms with Gasteiger partial charge in [-0.2, -0.15) is 0 Å². The first-order valence-electron chi connectivity index (χ1n) is 12.5. The fourth-order valence-electron chi connectivity index (χ4n) is 4.84. The van der Waals surface area contributed by atoms with Crippen LogP contribution < -0.4 is 10.2 Å². The summed E-state index contributed by atoms with van der Waals surface area (Å²) in [7, 11) is 2.16. The highest BCUT2D eigenvalue weighted by molar-refractivity contribution is 6.04. The van der Waals surface area contributed by atoms with Crippen molar-refractivity contribution in [3.8, 4) is 22.4 Å². The van der Waals surface area contributed by atoms with Crippen molar-refractivity contribution in [2.24, 2.45) is 0 Å². The van der Waals surface area contributed by atoms with Gasteiger partial charge in [0, 0.05) is 61.1 Å². The SMILES string of the molecule is C=CC(=O)Nc1cc(-c2c(-c3ccc(N4CCN(C)CC4)cc3)[nH]c3ncc(CC=O)cc23)ccc1C. The smallest absolute Gasteiger partial charge is 0.247 e. The normalized spacial score (nSPS) is 14.1. The second-order valence-electron chi connectivity index (χ2n) is 9.55.